The zero-order valence-electron chi connectivity index (χ0n) is 14.2. The van der Waals surface area contributed by atoms with Crippen molar-refractivity contribution in [2.45, 2.75) is 37.6 Å². The summed E-state index contributed by atoms with van der Waals surface area (Å²) >= 11 is 3.49. The summed E-state index contributed by atoms with van der Waals surface area (Å²) in [5.74, 6) is 1.02. The molecule has 3 nitrogen and oxygen atoms in total. The zero-order valence-corrected chi connectivity index (χ0v) is 15.8. The maximum atomic E-state index is 12.6. The quantitative estimate of drug-likeness (QED) is 0.833. The van der Waals surface area contributed by atoms with Gasteiger partial charge in [0.1, 0.15) is 5.75 Å². The van der Waals surface area contributed by atoms with Gasteiger partial charge in [0.25, 0.3) is 0 Å². The number of hydrogen-bond donors (Lipinski definition) is 1. The summed E-state index contributed by atoms with van der Waals surface area (Å²) in [6, 6.07) is 16.2. The van der Waals surface area contributed by atoms with Gasteiger partial charge in [-0.1, -0.05) is 40.2 Å². The van der Waals surface area contributed by atoms with E-state index in [2.05, 4.69) is 59.4 Å². The molecule has 0 saturated carbocycles. The summed E-state index contributed by atoms with van der Waals surface area (Å²) in [5.41, 5.74) is 2.01. The zero-order chi connectivity index (χ0) is 17.3. The van der Waals surface area contributed by atoms with Crippen LogP contribution in [0.3, 0.4) is 0 Å². The lowest BCUT2D eigenvalue weighted by Crippen LogP contribution is -2.54. The molecule has 0 aromatic heterocycles. The smallest absolute Gasteiger partial charge is 0.227 e. The van der Waals surface area contributed by atoms with Gasteiger partial charge in [-0.25, -0.2) is 0 Å². The predicted octanol–water partition coefficient (Wildman–Crippen LogP) is 4.62. The molecule has 2 unspecified atom stereocenters. The Morgan fingerprint density at radius 2 is 1.62 bits per heavy atom. The van der Waals surface area contributed by atoms with Gasteiger partial charge in [0.15, 0.2) is 0 Å². The maximum Gasteiger partial charge on any atom is 0.227 e. The van der Waals surface area contributed by atoms with Crippen LogP contribution < -0.4 is 10.1 Å². The van der Waals surface area contributed by atoms with Crippen LogP contribution in [0.4, 0.5) is 0 Å². The van der Waals surface area contributed by atoms with E-state index in [4.69, 9.17) is 4.74 Å². The van der Waals surface area contributed by atoms with Crippen LogP contribution in [0.5, 0.6) is 5.75 Å². The van der Waals surface area contributed by atoms with Crippen molar-refractivity contribution in [2.75, 3.05) is 7.11 Å². The third kappa shape index (κ3) is 3.34. The van der Waals surface area contributed by atoms with Crippen molar-refractivity contribution in [3.63, 3.8) is 0 Å². The lowest BCUT2D eigenvalue weighted by Gasteiger charge is -2.43. The van der Waals surface area contributed by atoms with Crippen LogP contribution in [0.1, 0.15) is 43.2 Å². The number of halogens is 1. The molecule has 1 N–H and O–H groups in total. The van der Waals surface area contributed by atoms with Crippen LogP contribution in [0.2, 0.25) is 0 Å². The maximum absolute atomic E-state index is 12.6. The number of carbonyl (C=O) groups is 1. The Hall–Kier alpha value is -1.81. The molecule has 24 heavy (non-hydrogen) atoms. The number of ether oxygens (including phenoxy) is 1. The van der Waals surface area contributed by atoms with Crippen LogP contribution in [-0.2, 0) is 4.79 Å². The van der Waals surface area contributed by atoms with E-state index in [1.807, 2.05) is 24.3 Å². The van der Waals surface area contributed by atoms with Crippen LogP contribution in [0.15, 0.2) is 53.0 Å². The van der Waals surface area contributed by atoms with E-state index in [1.165, 1.54) is 5.56 Å². The van der Waals surface area contributed by atoms with Crippen molar-refractivity contribution in [1.82, 2.24) is 5.32 Å². The van der Waals surface area contributed by atoms with Crippen LogP contribution in [0.25, 0.3) is 0 Å². The number of amides is 1. The van der Waals surface area contributed by atoms with Crippen molar-refractivity contribution in [1.29, 1.82) is 0 Å². The molecule has 1 aliphatic heterocycles. The third-order valence-corrected chi connectivity index (χ3v) is 5.42. The van der Waals surface area contributed by atoms with Gasteiger partial charge in [0, 0.05) is 15.9 Å². The average Bonchev–Trinajstić information content (AvgIpc) is 2.56. The Bertz CT molecular complexity index is 722. The highest BCUT2D eigenvalue weighted by molar-refractivity contribution is 9.10. The molecular formula is C20H22BrNO2. The topological polar surface area (TPSA) is 38.3 Å². The third-order valence-electron chi connectivity index (χ3n) is 4.89. The molecule has 126 valence electrons. The number of carbonyl (C=O) groups excluding carboxylic acids is 1. The van der Waals surface area contributed by atoms with E-state index >= 15 is 0 Å². The fourth-order valence-corrected chi connectivity index (χ4v) is 3.76. The van der Waals surface area contributed by atoms with E-state index in [1.54, 1.807) is 7.11 Å². The van der Waals surface area contributed by atoms with E-state index in [9.17, 15) is 4.79 Å². The Kier molecular flexibility index (Phi) is 4.68. The van der Waals surface area contributed by atoms with Gasteiger partial charge in [-0.3, -0.25) is 4.79 Å². The van der Waals surface area contributed by atoms with Crippen LogP contribution in [0, 0.1) is 0 Å². The van der Waals surface area contributed by atoms with E-state index in [-0.39, 0.29) is 23.3 Å². The number of hydrogen-bond acceptors (Lipinski definition) is 2. The van der Waals surface area contributed by atoms with Crippen molar-refractivity contribution >= 4 is 21.8 Å². The molecule has 2 aromatic carbocycles. The summed E-state index contributed by atoms with van der Waals surface area (Å²) in [6.45, 7) is 4.20. The molecule has 1 heterocycles. The fraction of sp³-hybridized carbons (Fsp3) is 0.350. The van der Waals surface area contributed by atoms with Crippen LogP contribution in [-0.4, -0.2) is 18.6 Å². The van der Waals surface area contributed by atoms with E-state index in [0.717, 1.165) is 22.2 Å². The Balaban J connectivity index is 1.91. The molecular weight excluding hydrogens is 366 g/mol. The van der Waals surface area contributed by atoms with Crippen molar-refractivity contribution in [3.8, 4) is 5.75 Å². The molecule has 1 fully saturated rings. The average molecular weight is 388 g/mol. The Morgan fingerprint density at radius 1 is 1.04 bits per heavy atom. The molecule has 0 radical (unpaired) electrons. The molecule has 1 saturated heterocycles. The predicted molar refractivity (Wildman–Crippen MR) is 99.5 cm³/mol. The SMILES string of the molecule is COc1ccc(C2CC(c3ccc(Br)cc3)C(C)(C)NC2=O)cc1. The molecule has 0 bridgehead atoms. The van der Waals surface area contributed by atoms with Crippen molar-refractivity contribution < 1.29 is 9.53 Å². The molecule has 1 aliphatic rings. The number of nitrogens with one attached hydrogen (secondary N) is 1. The molecule has 0 spiro atoms. The second kappa shape index (κ2) is 6.60. The number of piperidine rings is 1. The van der Waals surface area contributed by atoms with E-state index < -0.39 is 0 Å². The standard InChI is InChI=1S/C20H22BrNO2/c1-20(2)18(14-4-8-15(21)9-5-14)12-17(19(23)22-20)13-6-10-16(24-3)11-7-13/h4-11,17-18H,12H2,1-3H3,(H,22,23). The van der Waals surface area contributed by atoms with Gasteiger partial charge < -0.3 is 10.1 Å². The normalized spacial score (nSPS) is 22.8. The molecule has 4 heteroatoms. The Labute approximate surface area is 151 Å². The van der Waals surface area contributed by atoms with Gasteiger partial charge in [-0.2, -0.15) is 0 Å². The van der Waals surface area contributed by atoms with Gasteiger partial charge in [0.2, 0.25) is 5.91 Å². The molecule has 1 amide bonds. The second-order valence-corrected chi connectivity index (χ2v) is 7.79. The highest BCUT2D eigenvalue weighted by atomic mass is 79.9. The molecule has 0 aliphatic carbocycles. The van der Waals surface area contributed by atoms with Crippen molar-refractivity contribution in [3.05, 3.63) is 64.1 Å². The lowest BCUT2D eigenvalue weighted by atomic mass is 9.71. The fourth-order valence-electron chi connectivity index (χ4n) is 3.50. The van der Waals surface area contributed by atoms with E-state index in [0.29, 0.717) is 0 Å². The largest absolute Gasteiger partial charge is 0.497 e. The van der Waals surface area contributed by atoms with Crippen molar-refractivity contribution in [2.24, 2.45) is 0 Å². The monoisotopic (exact) mass is 387 g/mol. The number of methoxy groups -OCH3 is 1. The first kappa shape index (κ1) is 17.0. The first-order valence-electron chi connectivity index (χ1n) is 8.12. The minimum Gasteiger partial charge on any atom is -0.497 e. The number of benzene rings is 2. The summed E-state index contributed by atoms with van der Waals surface area (Å²) < 4.78 is 6.28. The highest BCUT2D eigenvalue weighted by Crippen LogP contribution is 2.41. The van der Waals surface area contributed by atoms with Gasteiger partial charge >= 0.3 is 0 Å². The summed E-state index contributed by atoms with van der Waals surface area (Å²) in [5, 5.41) is 3.21. The lowest BCUT2D eigenvalue weighted by molar-refractivity contribution is -0.127. The minimum atomic E-state index is -0.270. The molecule has 2 atom stereocenters. The molecule has 3 rings (SSSR count). The first-order chi connectivity index (χ1) is 11.4. The summed E-state index contributed by atoms with van der Waals surface area (Å²) in [4.78, 5) is 12.6. The highest BCUT2D eigenvalue weighted by Gasteiger charge is 2.41. The summed E-state index contributed by atoms with van der Waals surface area (Å²) in [6.07, 6.45) is 0.798. The molecule has 2 aromatic rings. The minimum absolute atomic E-state index is 0.0959. The number of rotatable bonds is 3. The first-order valence-corrected chi connectivity index (χ1v) is 8.91. The second-order valence-electron chi connectivity index (χ2n) is 6.88. The van der Waals surface area contributed by atoms with Gasteiger partial charge in [-0.05, 0) is 55.7 Å². The Morgan fingerprint density at radius 3 is 2.21 bits per heavy atom. The summed E-state index contributed by atoms with van der Waals surface area (Å²) in [7, 11) is 1.65. The van der Waals surface area contributed by atoms with Gasteiger partial charge in [-0.15, -0.1) is 0 Å². The van der Waals surface area contributed by atoms with Crippen LogP contribution >= 0.6 is 15.9 Å². The van der Waals surface area contributed by atoms with Gasteiger partial charge in [0.05, 0.1) is 13.0 Å².